The average molecular weight is 368 g/mol. The van der Waals surface area contributed by atoms with E-state index in [9.17, 15) is 18.3 Å². The highest BCUT2D eigenvalue weighted by Crippen LogP contribution is 2.31. The molecule has 1 aromatic rings. The Labute approximate surface area is 124 Å². The van der Waals surface area contributed by atoms with Crippen molar-refractivity contribution < 1.29 is 27.8 Å². The second-order valence-corrected chi connectivity index (χ2v) is 7.58. The molecular formula is C11H14BrNO6S. The van der Waals surface area contributed by atoms with Crippen LogP contribution in [0.1, 0.15) is 30.3 Å². The van der Waals surface area contributed by atoms with Crippen LogP contribution in [0.4, 0.5) is 0 Å². The molecule has 0 bridgehead atoms. The number of carboxylic acids is 1. The Morgan fingerprint density at radius 2 is 2.00 bits per heavy atom. The molecule has 0 atom stereocenters. The summed E-state index contributed by atoms with van der Waals surface area (Å²) in [5, 5.41) is 18.6. The molecule has 0 unspecified atom stereocenters. The fourth-order valence-corrected chi connectivity index (χ4v) is 4.33. The lowest BCUT2D eigenvalue weighted by molar-refractivity contribution is 0.0126. The number of carbonyl (C=O) groups is 1. The summed E-state index contributed by atoms with van der Waals surface area (Å²) in [5.74, 6) is -1.78. The van der Waals surface area contributed by atoms with Gasteiger partial charge in [0, 0.05) is 19.2 Å². The summed E-state index contributed by atoms with van der Waals surface area (Å²) >= 11 is 2.93. The first kappa shape index (κ1) is 15.5. The van der Waals surface area contributed by atoms with Gasteiger partial charge in [0.05, 0.1) is 5.60 Å². The molecule has 0 aliphatic carbocycles. The van der Waals surface area contributed by atoms with Crippen molar-refractivity contribution in [1.82, 2.24) is 4.31 Å². The summed E-state index contributed by atoms with van der Waals surface area (Å²) in [6.07, 6.45) is 0.654. The quantitative estimate of drug-likeness (QED) is 0.832. The van der Waals surface area contributed by atoms with Crippen molar-refractivity contribution in [2.45, 2.75) is 30.3 Å². The van der Waals surface area contributed by atoms with Crippen LogP contribution in [0.25, 0.3) is 0 Å². The topological polar surface area (TPSA) is 108 Å². The van der Waals surface area contributed by atoms with Crippen molar-refractivity contribution in [2.75, 3.05) is 13.1 Å². The van der Waals surface area contributed by atoms with Crippen molar-refractivity contribution in [3.05, 3.63) is 16.5 Å². The van der Waals surface area contributed by atoms with Crippen LogP contribution in [0.15, 0.2) is 20.0 Å². The van der Waals surface area contributed by atoms with Gasteiger partial charge in [-0.3, -0.25) is 0 Å². The van der Waals surface area contributed by atoms with Crippen molar-refractivity contribution >= 4 is 31.9 Å². The van der Waals surface area contributed by atoms with E-state index in [4.69, 9.17) is 9.52 Å². The number of aliphatic hydroxyl groups is 1. The number of carboxylic acid groups (broad SMARTS) is 1. The Kier molecular flexibility index (Phi) is 3.98. The summed E-state index contributed by atoms with van der Waals surface area (Å²) in [6, 6.07) is 0.981. The van der Waals surface area contributed by atoms with Gasteiger partial charge in [0.2, 0.25) is 15.8 Å². The van der Waals surface area contributed by atoms with Gasteiger partial charge in [-0.2, -0.15) is 4.31 Å². The molecule has 1 saturated heterocycles. The largest absolute Gasteiger partial charge is 0.475 e. The molecule has 2 N–H and O–H groups in total. The summed E-state index contributed by atoms with van der Waals surface area (Å²) in [4.78, 5) is 10.6. The van der Waals surface area contributed by atoms with E-state index in [1.54, 1.807) is 6.92 Å². The molecule has 1 aliphatic heterocycles. The second kappa shape index (κ2) is 5.14. The van der Waals surface area contributed by atoms with E-state index in [2.05, 4.69) is 15.9 Å². The molecule has 0 amide bonds. The van der Waals surface area contributed by atoms with Crippen LogP contribution in [0.5, 0.6) is 0 Å². The molecule has 2 heterocycles. The summed E-state index contributed by atoms with van der Waals surface area (Å²) in [7, 11) is -3.84. The van der Waals surface area contributed by atoms with E-state index in [0.29, 0.717) is 12.8 Å². The van der Waals surface area contributed by atoms with E-state index < -0.39 is 27.4 Å². The molecule has 0 spiro atoms. The molecule has 112 valence electrons. The van der Waals surface area contributed by atoms with Gasteiger partial charge >= 0.3 is 5.97 Å². The number of aromatic carboxylic acids is 1. The standard InChI is InChI=1S/C11H14BrNO6S/c1-11(16)2-4-13(5-3-11)20(17,18)8-6-7(10(14)15)19-9(8)12/h6,16H,2-5H2,1H3,(H,14,15). The van der Waals surface area contributed by atoms with E-state index in [-0.39, 0.29) is 22.7 Å². The Hall–Kier alpha value is -0.900. The molecule has 20 heavy (non-hydrogen) atoms. The molecule has 2 rings (SSSR count). The predicted molar refractivity (Wildman–Crippen MR) is 72.0 cm³/mol. The Morgan fingerprint density at radius 3 is 2.45 bits per heavy atom. The van der Waals surface area contributed by atoms with Crippen LogP contribution >= 0.6 is 15.9 Å². The fourth-order valence-electron chi connectivity index (χ4n) is 1.98. The highest BCUT2D eigenvalue weighted by molar-refractivity contribution is 9.10. The van der Waals surface area contributed by atoms with Crippen LogP contribution in [-0.4, -0.2) is 47.6 Å². The van der Waals surface area contributed by atoms with Gasteiger partial charge in [0.1, 0.15) is 4.90 Å². The first-order valence-corrected chi connectivity index (χ1v) is 8.12. The highest BCUT2D eigenvalue weighted by Gasteiger charge is 2.36. The van der Waals surface area contributed by atoms with Gasteiger partial charge in [0.15, 0.2) is 4.67 Å². The number of hydrogen-bond donors (Lipinski definition) is 2. The van der Waals surface area contributed by atoms with Gasteiger partial charge in [-0.15, -0.1) is 0 Å². The number of rotatable bonds is 3. The van der Waals surface area contributed by atoms with Crippen molar-refractivity contribution in [1.29, 1.82) is 0 Å². The summed E-state index contributed by atoms with van der Waals surface area (Å²) in [5.41, 5.74) is -0.869. The van der Waals surface area contributed by atoms with Crippen LogP contribution < -0.4 is 0 Å². The number of sulfonamides is 1. The molecule has 7 nitrogen and oxygen atoms in total. The van der Waals surface area contributed by atoms with Gasteiger partial charge in [0.25, 0.3) is 0 Å². The van der Waals surface area contributed by atoms with Crippen LogP contribution in [-0.2, 0) is 10.0 Å². The number of piperidine rings is 1. The summed E-state index contributed by atoms with van der Waals surface area (Å²) in [6.45, 7) is 2.01. The molecule has 1 aromatic heterocycles. The smallest absolute Gasteiger partial charge is 0.371 e. The summed E-state index contributed by atoms with van der Waals surface area (Å²) < 4.78 is 30.8. The Morgan fingerprint density at radius 1 is 1.45 bits per heavy atom. The zero-order valence-electron chi connectivity index (χ0n) is 10.7. The number of furan rings is 1. The third kappa shape index (κ3) is 2.90. The van der Waals surface area contributed by atoms with E-state index in [1.165, 1.54) is 4.31 Å². The third-order valence-corrected chi connectivity index (χ3v) is 6.04. The number of hydrogen-bond acceptors (Lipinski definition) is 5. The minimum Gasteiger partial charge on any atom is -0.475 e. The number of halogens is 1. The molecule has 1 fully saturated rings. The lowest BCUT2D eigenvalue weighted by Gasteiger charge is -2.34. The van der Waals surface area contributed by atoms with Gasteiger partial charge in [-0.25, -0.2) is 13.2 Å². The maximum Gasteiger partial charge on any atom is 0.371 e. The normalized spacial score (nSPS) is 19.9. The zero-order chi connectivity index (χ0) is 15.1. The predicted octanol–water partition coefficient (Wildman–Crippen LogP) is 1.28. The molecule has 1 aliphatic rings. The maximum absolute atomic E-state index is 12.4. The zero-order valence-corrected chi connectivity index (χ0v) is 13.1. The van der Waals surface area contributed by atoms with Gasteiger partial charge < -0.3 is 14.6 Å². The Balaban J connectivity index is 2.29. The highest BCUT2D eigenvalue weighted by atomic mass is 79.9. The molecule has 9 heteroatoms. The first-order chi connectivity index (χ1) is 9.13. The molecule has 0 aromatic carbocycles. The van der Waals surface area contributed by atoms with E-state index in [1.807, 2.05) is 0 Å². The fraction of sp³-hybridized carbons (Fsp3) is 0.545. The maximum atomic E-state index is 12.4. The Bertz CT molecular complexity index is 625. The minimum absolute atomic E-state index is 0.132. The average Bonchev–Trinajstić information content (AvgIpc) is 2.71. The minimum atomic E-state index is -3.84. The van der Waals surface area contributed by atoms with Crippen LogP contribution in [0, 0.1) is 0 Å². The van der Waals surface area contributed by atoms with E-state index >= 15 is 0 Å². The monoisotopic (exact) mass is 367 g/mol. The van der Waals surface area contributed by atoms with Crippen molar-refractivity contribution in [3.8, 4) is 0 Å². The van der Waals surface area contributed by atoms with Crippen LogP contribution in [0.3, 0.4) is 0 Å². The van der Waals surface area contributed by atoms with Crippen LogP contribution in [0.2, 0.25) is 0 Å². The lowest BCUT2D eigenvalue weighted by atomic mass is 9.95. The van der Waals surface area contributed by atoms with Gasteiger partial charge in [-0.1, -0.05) is 0 Å². The van der Waals surface area contributed by atoms with E-state index in [0.717, 1.165) is 6.07 Å². The van der Waals surface area contributed by atoms with Gasteiger partial charge in [-0.05, 0) is 35.7 Å². The SMILES string of the molecule is CC1(O)CCN(S(=O)(=O)c2cc(C(=O)O)oc2Br)CC1. The van der Waals surface area contributed by atoms with Crippen molar-refractivity contribution in [2.24, 2.45) is 0 Å². The number of nitrogens with zero attached hydrogens (tertiary/aromatic N) is 1. The van der Waals surface area contributed by atoms with Crippen molar-refractivity contribution in [3.63, 3.8) is 0 Å². The molecular weight excluding hydrogens is 354 g/mol. The lowest BCUT2D eigenvalue weighted by Crippen LogP contribution is -2.45. The first-order valence-electron chi connectivity index (χ1n) is 5.89. The third-order valence-electron chi connectivity index (χ3n) is 3.28. The molecule has 0 saturated carbocycles. The second-order valence-electron chi connectivity index (χ2n) is 4.95. The molecule has 0 radical (unpaired) electrons.